The van der Waals surface area contributed by atoms with E-state index in [0.29, 0.717) is 18.6 Å². The number of carbonyl (C=O) groups is 1. The molecule has 0 saturated carbocycles. The first-order valence-corrected chi connectivity index (χ1v) is 5.73. The number of Topliss-reactive ketones (excluding diaryl/α,β-unsaturated/α-hetero) is 1. The van der Waals surface area contributed by atoms with Crippen LogP contribution in [0.2, 0.25) is 0 Å². The van der Waals surface area contributed by atoms with E-state index in [9.17, 15) is 9.18 Å². The molecule has 1 N–H and O–H groups in total. The summed E-state index contributed by atoms with van der Waals surface area (Å²) in [7, 11) is 0. The molecule has 16 heavy (non-hydrogen) atoms. The number of hydrogen-bond acceptors (Lipinski definition) is 2. The van der Waals surface area contributed by atoms with Crippen molar-refractivity contribution in [2.24, 2.45) is 5.92 Å². The van der Waals surface area contributed by atoms with Crippen molar-refractivity contribution in [1.29, 1.82) is 0 Å². The van der Waals surface area contributed by atoms with Crippen LogP contribution in [-0.4, -0.2) is 18.9 Å². The fourth-order valence-corrected chi connectivity index (χ4v) is 2.14. The molecule has 1 heterocycles. The largest absolute Gasteiger partial charge is 0.316 e. The van der Waals surface area contributed by atoms with Gasteiger partial charge < -0.3 is 5.32 Å². The van der Waals surface area contributed by atoms with Crippen LogP contribution in [0.3, 0.4) is 0 Å². The topological polar surface area (TPSA) is 29.1 Å². The van der Waals surface area contributed by atoms with Crippen molar-refractivity contribution < 1.29 is 9.18 Å². The van der Waals surface area contributed by atoms with Crippen LogP contribution in [0.1, 0.15) is 18.4 Å². The van der Waals surface area contributed by atoms with Gasteiger partial charge in [0.05, 0.1) is 0 Å². The van der Waals surface area contributed by atoms with Crippen LogP contribution >= 0.6 is 0 Å². The maximum absolute atomic E-state index is 13.0. The van der Waals surface area contributed by atoms with Gasteiger partial charge in [-0.15, -0.1) is 0 Å². The molecule has 2 rings (SSSR count). The average Bonchev–Trinajstić information content (AvgIpc) is 2.45. The summed E-state index contributed by atoms with van der Waals surface area (Å²) in [6.07, 6.45) is 2.12. The molecule has 0 radical (unpaired) electrons. The van der Waals surface area contributed by atoms with Crippen LogP contribution in [0.5, 0.6) is 0 Å². The van der Waals surface area contributed by atoms with E-state index in [1.165, 1.54) is 12.1 Å². The second-order valence-corrected chi connectivity index (χ2v) is 4.29. The second-order valence-electron chi connectivity index (χ2n) is 4.29. The predicted molar refractivity (Wildman–Crippen MR) is 60.7 cm³/mol. The number of nitrogens with one attached hydrogen (secondary N) is 1. The fraction of sp³-hybridized carbons (Fsp3) is 0.462. The molecule has 0 aromatic heterocycles. The van der Waals surface area contributed by atoms with Crippen LogP contribution in [0.25, 0.3) is 0 Å². The Morgan fingerprint density at radius 2 is 2.25 bits per heavy atom. The molecule has 0 bridgehead atoms. The maximum Gasteiger partial charge on any atom is 0.137 e. The molecule has 1 aliphatic rings. The van der Waals surface area contributed by atoms with Crippen molar-refractivity contribution >= 4 is 5.78 Å². The third-order valence-corrected chi connectivity index (χ3v) is 3.04. The molecule has 0 amide bonds. The molecule has 0 spiro atoms. The highest BCUT2D eigenvalue weighted by atomic mass is 19.1. The molecule has 0 aliphatic carbocycles. The van der Waals surface area contributed by atoms with Crippen molar-refractivity contribution in [1.82, 2.24) is 5.32 Å². The summed E-state index contributed by atoms with van der Waals surface area (Å²) in [5.41, 5.74) is 0.917. The number of hydrogen-bond donors (Lipinski definition) is 1. The minimum Gasteiger partial charge on any atom is -0.316 e. The fourth-order valence-electron chi connectivity index (χ4n) is 2.14. The Hall–Kier alpha value is -1.22. The lowest BCUT2D eigenvalue weighted by Gasteiger charge is -2.12. The highest BCUT2D eigenvalue weighted by molar-refractivity contribution is 5.81. The van der Waals surface area contributed by atoms with Crippen LogP contribution < -0.4 is 5.32 Å². The summed E-state index contributed by atoms with van der Waals surface area (Å²) < 4.78 is 13.0. The summed E-state index contributed by atoms with van der Waals surface area (Å²) in [6, 6.07) is 6.53. The van der Waals surface area contributed by atoms with Crippen molar-refractivity contribution in [2.75, 3.05) is 13.1 Å². The highest BCUT2D eigenvalue weighted by Gasteiger charge is 2.20. The monoisotopic (exact) mass is 221 g/mol. The van der Waals surface area contributed by atoms with E-state index in [1.807, 2.05) is 6.07 Å². The van der Waals surface area contributed by atoms with Crippen LogP contribution in [0.15, 0.2) is 24.3 Å². The predicted octanol–water partition coefficient (Wildman–Crippen LogP) is 1.94. The normalized spacial score (nSPS) is 21.8. The van der Waals surface area contributed by atoms with E-state index in [2.05, 4.69) is 5.32 Å². The van der Waals surface area contributed by atoms with Crippen molar-refractivity contribution in [3.8, 4) is 0 Å². The van der Waals surface area contributed by atoms with E-state index in [1.54, 1.807) is 6.07 Å². The van der Waals surface area contributed by atoms with E-state index in [0.717, 1.165) is 25.1 Å². The van der Waals surface area contributed by atoms with E-state index < -0.39 is 0 Å². The third kappa shape index (κ3) is 2.89. The molecule has 1 aromatic rings. The molecule has 1 atom stereocenters. The Bertz CT molecular complexity index is 378. The van der Waals surface area contributed by atoms with Gasteiger partial charge in [-0.1, -0.05) is 12.1 Å². The first kappa shape index (κ1) is 11.3. The Morgan fingerprint density at radius 3 is 3.06 bits per heavy atom. The van der Waals surface area contributed by atoms with Gasteiger partial charge in [-0.05, 0) is 37.1 Å². The Balaban J connectivity index is 2.05. The summed E-state index contributed by atoms with van der Waals surface area (Å²) in [5.74, 6) is 0.128. The van der Waals surface area contributed by atoms with Gasteiger partial charge in [-0.2, -0.15) is 0 Å². The van der Waals surface area contributed by atoms with Crippen molar-refractivity contribution in [3.05, 3.63) is 35.6 Å². The lowest BCUT2D eigenvalue weighted by molar-refractivity contribution is -0.122. The molecule has 1 saturated heterocycles. The van der Waals surface area contributed by atoms with Gasteiger partial charge in [0.25, 0.3) is 0 Å². The maximum atomic E-state index is 13.0. The van der Waals surface area contributed by atoms with E-state index in [-0.39, 0.29) is 11.7 Å². The molecule has 1 fully saturated rings. The molecular formula is C13H16FNO. The first-order valence-electron chi connectivity index (χ1n) is 5.73. The lowest BCUT2D eigenvalue weighted by atomic mass is 9.92. The number of rotatable bonds is 2. The SMILES string of the molecule is O=C1CCNCCC1Cc1cccc(F)c1. The minimum atomic E-state index is -0.225. The van der Waals surface area contributed by atoms with Gasteiger partial charge in [-0.25, -0.2) is 4.39 Å². The highest BCUT2D eigenvalue weighted by Crippen LogP contribution is 2.17. The summed E-state index contributed by atoms with van der Waals surface area (Å²) >= 11 is 0. The third-order valence-electron chi connectivity index (χ3n) is 3.04. The van der Waals surface area contributed by atoms with Crippen molar-refractivity contribution in [3.63, 3.8) is 0 Å². The standard InChI is InChI=1S/C13H16FNO/c14-12-3-1-2-10(9-12)8-11-4-6-15-7-5-13(11)16/h1-3,9,11,15H,4-8H2. The van der Waals surface area contributed by atoms with Crippen LogP contribution in [0.4, 0.5) is 4.39 Å². The molecule has 1 aliphatic heterocycles. The summed E-state index contributed by atoms with van der Waals surface area (Å²) in [4.78, 5) is 11.8. The number of benzene rings is 1. The molecule has 3 heteroatoms. The van der Waals surface area contributed by atoms with Crippen LogP contribution in [-0.2, 0) is 11.2 Å². The zero-order valence-corrected chi connectivity index (χ0v) is 9.21. The smallest absolute Gasteiger partial charge is 0.137 e. The van der Waals surface area contributed by atoms with E-state index >= 15 is 0 Å². The Kier molecular flexibility index (Phi) is 3.67. The Morgan fingerprint density at radius 1 is 1.38 bits per heavy atom. The molecule has 1 unspecified atom stereocenters. The quantitative estimate of drug-likeness (QED) is 0.827. The molecular weight excluding hydrogens is 205 g/mol. The number of carbonyl (C=O) groups excluding carboxylic acids is 1. The van der Waals surface area contributed by atoms with E-state index in [4.69, 9.17) is 0 Å². The number of ketones is 1. The molecule has 1 aromatic carbocycles. The zero-order chi connectivity index (χ0) is 11.4. The summed E-state index contributed by atoms with van der Waals surface area (Å²) in [6.45, 7) is 1.66. The van der Waals surface area contributed by atoms with Gasteiger partial charge in [0.1, 0.15) is 11.6 Å². The average molecular weight is 221 g/mol. The Labute approximate surface area is 94.9 Å². The van der Waals surface area contributed by atoms with Crippen molar-refractivity contribution in [2.45, 2.75) is 19.3 Å². The van der Waals surface area contributed by atoms with Gasteiger partial charge in [-0.3, -0.25) is 4.79 Å². The first-order chi connectivity index (χ1) is 7.75. The van der Waals surface area contributed by atoms with Gasteiger partial charge in [0, 0.05) is 18.9 Å². The zero-order valence-electron chi connectivity index (χ0n) is 9.21. The number of halogens is 1. The lowest BCUT2D eigenvalue weighted by Crippen LogP contribution is -2.16. The second kappa shape index (κ2) is 5.21. The molecule has 2 nitrogen and oxygen atoms in total. The minimum absolute atomic E-state index is 0.0526. The molecule has 86 valence electrons. The van der Waals surface area contributed by atoms with Gasteiger partial charge >= 0.3 is 0 Å². The van der Waals surface area contributed by atoms with Gasteiger partial charge in [0.2, 0.25) is 0 Å². The summed E-state index contributed by atoms with van der Waals surface area (Å²) in [5, 5.41) is 3.21. The van der Waals surface area contributed by atoms with Gasteiger partial charge in [0.15, 0.2) is 0 Å². The van der Waals surface area contributed by atoms with Crippen LogP contribution in [0, 0.1) is 11.7 Å².